The van der Waals surface area contributed by atoms with Crippen molar-refractivity contribution in [1.82, 2.24) is 0 Å². The van der Waals surface area contributed by atoms with Crippen molar-refractivity contribution in [2.75, 3.05) is 27.4 Å². The van der Waals surface area contributed by atoms with E-state index in [9.17, 15) is 30.6 Å². The molecule has 0 aromatic rings. The molecule has 25 heavy (non-hydrogen) atoms. The molecule has 0 spiro atoms. The van der Waals surface area contributed by atoms with Gasteiger partial charge in [0, 0.05) is 14.2 Å². The standard InChI is InChI=1S/C14H26O10S/c1-21-13-9(19)7(17)11(5(3-15)23-13)25-12-6(4-16)24-14(22-2)10(20)8(12)18/h5-20H,3-4H2,1-2H3/t5-,6-,7-,8-,9-,10-,11-,12-,13-,14-/m1/s1. The Morgan fingerprint density at radius 3 is 1.36 bits per heavy atom. The maximum atomic E-state index is 10.4. The zero-order chi connectivity index (χ0) is 18.7. The molecule has 10 nitrogen and oxygen atoms in total. The number of methoxy groups -OCH3 is 2. The molecule has 0 saturated carbocycles. The van der Waals surface area contributed by atoms with Crippen LogP contribution in [0.2, 0.25) is 0 Å². The van der Waals surface area contributed by atoms with Gasteiger partial charge in [-0.1, -0.05) is 0 Å². The summed E-state index contributed by atoms with van der Waals surface area (Å²) < 4.78 is 20.7. The molecule has 0 aromatic carbocycles. The van der Waals surface area contributed by atoms with Crippen LogP contribution in [-0.2, 0) is 18.9 Å². The van der Waals surface area contributed by atoms with Gasteiger partial charge in [-0.3, -0.25) is 0 Å². The lowest BCUT2D eigenvalue weighted by atomic mass is 10.0. The number of thioether (sulfide) groups is 1. The minimum absolute atomic E-state index is 0.460. The summed E-state index contributed by atoms with van der Waals surface area (Å²) in [5.41, 5.74) is 0. The van der Waals surface area contributed by atoms with Crippen LogP contribution in [0.4, 0.5) is 0 Å². The number of hydrogen-bond acceptors (Lipinski definition) is 11. The van der Waals surface area contributed by atoms with Crippen molar-refractivity contribution in [2.45, 2.75) is 59.7 Å². The third-order valence-corrected chi connectivity index (χ3v) is 6.21. The Labute approximate surface area is 149 Å². The summed E-state index contributed by atoms with van der Waals surface area (Å²) in [6.07, 6.45) is -9.38. The van der Waals surface area contributed by atoms with Gasteiger partial charge in [0.2, 0.25) is 0 Å². The predicted molar refractivity (Wildman–Crippen MR) is 84.7 cm³/mol. The largest absolute Gasteiger partial charge is 0.394 e. The van der Waals surface area contributed by atoms with Gasteiger partial charge in [-0.05, 0) is 0 Å². The fraction of sp³-hybridized carbons (Fsp3) is 1.00. The Balaban J connectivity index is 2.17. The zero-order valence-electron chi connectivity index (χ0n) is 13.9. The molecule has 0 aliphatic carbocycles. The molecule has 6 N–H and O–H groups in total. The fourth-order valence-electron chi connectivity index (χ4n) is 3.01. The minimum Gasteiger partial charge on any atom is -0.394 e. The Hall–Kier alpha value is -0.0500. The summed E-state index contributed by atoms with van der Waals surface area (Å²) in [5, 5.41) is 58.2. The van der Waals surface area contributed by atoms with Crippen LogP contribution in [0.25, 0.3) is 0 Å². The van der Waals surface area contributed by atoms with Gasteiger partial charge in [-0.25, -0.2) is 0 Å². The first-order chi connectivity index (χ1) is 11.9. The van der Waals surface area contributed by atoms with Gasteiger partial charge in [0.1, 0.15) is 12.2 Å². The Kier molecular flexibility index (Phi) is 7.85. The molecule has 10 atom stereocenters. The Morgan fingerprint density at radius 1 is 0.720 bits per heavy atom. The van der Waals surface area contributed by atoms with E-state index in [4.69, 9.17) is 18.9 Å². The van der Waals surface area contributed by atoms with Crippen molar-refractivity contribution in [3.63, 3.8) is 0 Å². The van der Waals surface area contributed by atoms with Gasteiger partial charge >= 0.3 is 0 Å². The highest BCUT2D eigenvalue weighted by atomic mass is 32.2. The molecule has 0 bridgehead atoms. The van der Waals surface area contributed by atoms with Crippen molar-refractivity contribution in [3.05, 3.63) is 0 Å². The summed E-state index contributed by atoms with van der Waals surface area (Å²) in [5.74, 6) is 0. The lowest BCUT2D eigenvalue weighted by molar-refractivity contribution is -0.263. The smallest absolute Gasteiger partial charge is 0.186 e. The van der Waals surface area contributed by atoms with Crippen LogP contribution in [0.1, 0.15) is 0 Å². The maximum absolute atomic E-state index is 10.4. The van der Waals surface area contributed by atoms with Gasteiger partial charge in [0.05, 0.1) is 48.1 Å². The SMILES string of the molecule is CO[C@@H]1O[C@H](CO)[C@@H](S[C@H]2[C@H](O)[C@@H](O)[C@H](OC)O[C@@H]2CO)[C@H](O)[C@H]1O. The van der Waals surface area contributed by atoms with Gasteiger partial charge in [0.15, 0.2) is 12.6 Å². The van der Waals surface area contributed by atoms with Crippen LogP contribution in [0, 0.1) is 0 Å². The van der Waals surface area contributed by atoms with Crippen LogP contribution in [0.15, 0.2) is 0 Å². The highest BCUT2D eigenvalue weighted by Crippen LogP contribution is 2.38. The van der Waals surface area contributed by atoms with Gasteiger partial charge in [-0.15, -0.1) is 11.8 Å². The van der Waals surface area contributed by atoms with Gasteiger partial charge < -0.3 is 49.6 Å². The van der Waals surface area contributed by atoms with Crippen molar-refractivity contribution in [3.8, 4) is 0 Å². The molecule has 0 aromatic heterocycles. The fourth-order valence-corrected chi connectivity index (χ4v) is 4.67. The molecular formula is C14H26O10S. The van der Waals surface area contributed by atoms with Gasteiger partial charge in [-0.2, -0.15) is 0 Å². The lowest BCUT2D eigenvalue weighted by Gasteiger charge is -2.46. The van der Waals surface area contributed by atoms with Crippen LogP contribution in [0.3, 0.4) is 0 Å². The topological polar surface area (TPSA) is 158 Å². The molecule has 2 rings (SSSR count). The number of hydrogen-bond donors (Lipinski definition) is 6. The van der Waals surface area contributed by atoms with E-state index in [0.717, 1.165) is 11.8 Å². The van der Waals surface area contributed by atoms with E-state index >= 15 is 0 Å². The monoisotopic (exact) mass is 386 g/mol. The normalized spacial score (nSPS) is 48.5. The highest BCUT2D eigenvalue weighted by Gasteiger charge is 2.50. The van der Waals surface area contributed by atoms with E-state index in [1.807, 2.05) is 0 Å². The molecule has 2 heterocycles. The van der Waals surface area contributed by atoms with E-state index in [1.54, 1.807) is 0 Å². The molecular weight excluding hydrogens is 360 g/mol. The summed E-state index contributed by atoms with van der Waals surface area (Å²) >= 11 is 0.954. The van der Waals surface area contributed by atoms with Crippen molar-refractivity contribution < 1.29 is 49.6 Å². The van der Waals surface area contributed by atoms with Crippen LogP contribution in [0.5, 0.6) is 0 Å². The van der Waals surface area contributed by atoms with E-state index in [1.165, 1.54) is 14.2 Å². The number of rotatable bonds is 6. The first-order valence-electron chi connectivity index (χ1n) is 7.85. The Bertz CT molecular complexity index is 375. The van der Waals surface area contributed by atoms with E-state index < -0.39 is 72.9 Å². The van der Waals surface area contributed by atoms with Crippen LogP contribution in [-0.4, -0.2) is 118 Å². The number of ether oxygens (including phenoxy) is 4. The number of aliphatic hydroxyl groups is 6. The summed E-state index contributed by atoms with van der Waals surface area (Å²) in [7, 11) is 2.59. The molecule has 2 saturated heterocycles. The molecule has 2 aliphatic rings. The quantitative estimate of drug-likeness (QED) is 0.271. The molecule has 2 fully saturated rings. The van der Waals surface area contributed by atoms with E-state index in [2.05, 4.69) is 0 Å². The average Bonchev–Trinajstić information content (AvgIpc) is 2.63. The first kappa shape index (κ1) is 21.3. The lowest BCUT2D eigenvalue weighted by Crippen LogP contribution is -2.62. The second kappa shape index (κ2) is 9.24. The number of aliphatic hydroxyl groups excluding tert-OH is 6. The third-order valence-electron chi connectivity index (χ3n) is 4.42. The summed E-state index contributed by atoms with van der Waals surface area (Å²) in [6, 6.07) is 0. The van der Waals surface area contributed by atoms with Crippen molar-refractivity contribution >= 4 is 11.8 Å². The van der Waals surface area contributed by atoms with Crippen molar-refractivity contribution in [1.29, 1.82) is 0 Å². The van der Waals surface area contributed by atoms with E-state index in [0.29, 0.717) is 0 Å². The van der Waals surface area contributed by atoms with Crippen LogP contribution < -0.4 is 0 Å². The molecule has 0 radical (unpaired) electrons. The first-order valence-corrected chi connectivity index (χ1v) is 8.79. The third kappa shape index (κ3) is 4.28. The van der Waals surface area contributed by atoms with Crippen LogP contribution >= 0.6 is 11.8 Å². The Morgan fingerprint density at radius 2 is 1.08 bits per heavy atom. The van der Waals surface area contributed by atoms with Gasteiger partial charge in [0.25, 0.3) is 0 Å². The van der Waals surface area contributed by atoms with E-state index in [-0.39, 0.29) is 0 Å². The predicted octanol–water partition coefficient (Wildman–Crippen LogP) is -3.37. The second-order valence-corrected chi connectivity index (χ2v) is 7.31. The zero-order valence-corrected chi connectivity index (χ0v) is 14.7. The maximum Gasteiger partial charge on any atom is 0.186 e. The van der Waals surface area contributed by atoms with Crippen molar-refractivity contribution in [2.24, 2.45) is 0 Å². The molecule has 2 aliphatic heterocycles. The molecule has 0 unspecified atom stereocenters. The minimum atomic E-state index is -1.36. The molecule has 11 heteroatoms. The summed E-state index contributed by atoms with van der Waals surface area (Å²) in [4.78, 5) is 0. The highest BCUT2D eigenvalue weighted by molar-refractivity contribution is 8.00. The molecule has 148 valence electrons. The average molecular weight is 386 g/mol. The second-order valence-electron chi connectivity index (χ2n) is 5.95. The summed E-state index contributed by atoms with van der Waals surface area (Å²) in [6.45, 7) is -0.921. The molecule has 0 amide bonds.